The average Bonchev–Trinajstić information content (AvgIpc) is 2.12. The molecule has 0 saturated carbocycles. The minimum Gasteiger partial charge on any atom is -0.398 e. The molecule has 1 atom stereocenters. The summed E-state index contributed by atoms with van der Waals surface area (Å²) >= 11 is 1.70. The number of benzene rings is 1. The second-order valence-corrected chi connectivity index (χ2v) is 4.61. The Morgan fingerprint density at radius 2 is 2.21 bits per heavy atom. The molecule has 0 spiro atoms. The number of aliphatic hydroxyl groups excluding tert-OH is 1. The molecule has 1 aromatic rings. The number of thioether (sulfide) groups is 1. The molecule has 0 aliphatic heterocycles. The summed E-state index contributed by atoms with van der Waals surface area (Å²) in [5.74, 6) is 0.908. The van der Waals surface area contributed by atoms with Crippen LogP contribution >= 0.6 is 11.8 Å². The number of para-hydroxylation sites is 1. The number of nitrogens with two attached hydrogens (primary N) is 1. The lowest BCUT2D eigenvalue weighted by Gasteiger charge is -2.08. The third-order valence-electron chi connectivity index (χ3n) is 2.08. The Hall–Kier alpha value is -0.670. The monoisotopic (exact) mass is 211 g/mol. The van der Waals surface area contributed by atoms with Crippen molar-refractivity contribution >= 4 is 17.4 Å². The molecule has 0 aromatic heterocycles. The minimum absolute atomic E-state index is 0.228. The zero-order valence-corrected chi connectivity index (χ0v) is 9.47. The Bertz CT molecular complexity index is 299. The summed E-state index contributed by atoms with van der Waals surface area (Å²) < 4.78 is 0. The third kappa shape index (κ3) is 3.24. The van der Waals surface area contributed by atoms with Crippen molar-refractivity contribution in [2.24, 2.45) is 0 Å². The quantitative estimate of drug-likeness (QED) is 0.594. The molecule has 0 bridgehead atoms. The number of aryl methyl sites for hydroxylation is 1. The SMILES string of the molecule is Cc1cccc(SCCC(C)O)c1N. The molecule has 14 heavy (non-hydrogen) atoms. The van der Waals surface area contributed by atoms with E-state index in [-0.39, 0.29) is 6.10 Å². The van der Waals surface area contributed by atoms with Gasteiger partial charge in [0.2, 0.25) is 0 Å². The normalized spacial score (nSPS) is 12.8. The van der Waals surface area contributed by atoms with Crippen molar-refractivity contribution < 1.29 is 5.11 Å². The summed E-state index contributed by atoms with van der Waals surface area (Å²) in [6, 6.07) is 6.04. The maximum atomic E-state index is 9.11. The zero-order valence-electron chi connectivity index (χ0n) is 8.66. The molecule has 1 unspecified atom stereocenters. The molecular formula is C11H17NOS. The number of hydrogen-bond donors (Lipinski definition) is 2. The van der Waals surface area contributed by atoms with E-state index in [1.54, 1.807) is 18.7 Å². The summed E-state index contributed by atoms with van der Waals surface area (Å²) in [6.45, 7) is 3.81. The first-order chi connectivity index (χ1) is 6.61. The van der Waals surface area contributed by atoms with Crippen LogP contribution in [0.3, 0.4) is 0 Å². The average molecular weight is 211 g/mol. The van der Waals surface area contributed by atoms with Crippen molar-refractivity contribution in [2.45, 2.75) is 31.3 Å². The van der Waals surface area contributed by atoms with Gasteiger partial charge < -0.3 is 10.8 Å². The molecule has 78 valence electrons. The highest BCUT2D eigenvalue weighted by Crippen LogP contribution is 2.27. The van der Waals surface area contributed by atoms with Crippen LogP contribution in [0.4, 0.5) is 5.69 Å². The van der Waals surface area contributed by atoms with Gasteiger partial charge in [0.05, 0.1) is 6.10 Å². The lowest BCUT2D eigenvalue weighted by atomic mass is 10.2. The molecule has 1 aromatic carbocycles. The van der Waals surface area contributed by atoms with Gasteiger partial charge in [0.25, 0.3) is 0 Å². The standard InChI is InChI=1S/C11H17NOS/c1-8-4-3-5-10(11(8)12)14-7-6-9(2)13/h3-5,9,13H,6-7,12H2,1-2H3. The summed E-state index contributed by atoms with van der Waals surface area (Å²) in [5.41, 5.74) is 7.90. The molecule has 3 N–H and O–H groups in total. The largest absolute Gasteiger partial charge is 0.398 e. The van der Waals surface area contributed by atoms with Crippen molar-refractivity contribution in [1.82, 2.24) is 0 Å². The summed E-state index contributed by atoms with van der Waals surface area (Å²) in [4.78, 5) is 1.12. The lowest BCUT2D eigenvalue weighted by Crippen LogP contribution is -2.01. The summed E-state index contributed by atoms with van der Waals surface area (Å²) in [7, 11) is 0. The number of anilines is 1. The first-order valence-corrected chi connectivity index (χ1v) is 5.75. The minimum atomic E-state index is -0.228. The van der Waals surface area contributed by atoms with Gasteiger partial charge in [0, 0.05) is 16.3 Å². The van der Waals surface area contributed by atoms with Crippen molar-refractivity contribution in [3.05, 3.63) is 23.8 Å². The fraction of sp³-hybridized carbons (Fsp3) is 0.455. The van der Waals surface area contributed by atoms with Gasteiger partial charge in [-0.15, -0.1) is 11.8 Å². The van der Waals surface area contributed by atoms with E-state index >= 15 is 0 Å². The fourth-order valence-electron chi connectivity index (χ4n) is 1.12. The fourth-order valence-corrected chi connectivity index (χ4v) is 2.29. The molecule has 3 heteroatoms. The molecule has 0 heterocycles. The van der Waals surface area contributed by atoms with E-state index in [0.29, 0.717) is 0 Å². The van der Waals surface area contributed by atoms with E-state index in [1.807, 2.05) is 25.1 Å². The van der Waals surface area contributed by atoms with E-state index in [0.717, 1.165) is 28.3 Å². The van der Waals surface area contributed by atoms with Crippen LogP contribution in [0, 0.1) is 6.92 Å². The van der Waals surface area contributed by atoms with Crippen LogP contribution in [0.1, 0.15) is 18.9 Å². The van der Waals surface area contributed by atoms with Gasteiger partial charge in [-0.1, -0.05) is 12.1 Å². The van der Waals surface area contributed by atoms with Gasteiger partial charge in [-0.2, -0.15) is 0 Å². The van der Waals surface area contributed by atoms with E-state index in [9.17, 15) is 0 Å². The Morgan fingerprint density at radius 1 is 1.50 bits per heavy atom. The van der Waals surface area contributed by atoms with Gasteiger partial charge in [0.1, 0.15) is 0 Å². The van der Waals surface area contributed by atoms with Gasteiger partial charge in [0.15, 0.2) is 0 Å². The number of aliphatic hydroxyl groups is 1. The highest BCUT2D eigenvalue weighted by molar-refractivity contribution is 7.99. The number of hydrogen-bond acceptors (Lipinski definition) is 3. The molecular weight excluding hydrogens is 194 g/mol. The van der Waals surface area contributed by atoms with E-state index in [2.05, 4.69) is 0 Å². The van der Waals surface area contributed by atoms with E-state index in [4.69, 9.17) is 10.8 Å². The Morgan fingerprint density at radius 3 is 2.86 bits per heavy atom. The van der Waals surface area contributed by atoms with Crippen LogP contribution in [0.5, 0.6) is 0 Å². The summed E-state index contributed by atoms with van der Waals surface area (Å²) in [6.07, 6.45) is 0.575. The van der Waals surface area contributed by atoms with Crippen LogP contribution < -0.4 is 5.73 Å². The van der Waals surface area contributed by atoms with Crippen molar-refractivity contribution in [1.29, 1.82) is 0 Å². The van der Waals surface area contributed by atoms with Crippen LogP contribution in [0.15, 0.2) is 23.1 Å². The molecule has 0 amide bonds. The van der Waals surface area contributed by atoms with Crippen LogP contribution in [-0.2, 0) is 0 Å². The summed E-state index contributed by atoms with van der Waals surface area (Å²) in [5, 5.41) is 9.11. The Labute approximate surface area is 89.5 Å². The molecule has 2 nitrogen and oxygen atoms in total. The second-order valence-electron chi connectivity index (χ2n) is 3.47. The van der Waals surface area contributed by atoms with Crippen LogP contribution in [-0.4, -0.2) is 17.0 Å². The van der Waals surface area contributed by atoms with Crippen LogP contribution in [0.25, 0.3) is 0 Å². The maximum Gasteiger partial charge on any atom is 0.0520 e. The van der Waals surface area contributed by atoms with Crippen molar-refractivity contribution in [3.8, 4) is 0 Å². The molecule has 0 aliphatic rings. The molecule has 0 saturated heterocycles. The van der Waals surface area contributed by atoms with E-state index < -0.39 is 0 Å². The highest BCUT2D eigenvalue weighted by Gasteiger charge is 2.02. The molecule has 0 radical (unpaired) electrons. The highest BCUT2D eigenvalue weighted by atomic mass is 32.2. The topological polar surface area (TPSA) is 46.2 Å². The van der Waals surface area contributed by atoms with Gasteiger partial charge >= 0.3 is 0 Å². The third-order valence-corrected chi connectivity index (χ3v) is 3.18. The van der Waals surface area contributed by atoms with E-state index in [1.165, 1.54) is 0 Å². The zero-order chi connectivity index (χ0) is 10.6. The van der Waals surface area contributed by atoms with Crippen molar-refractivity contribution in [3.63, 3.8) is 0 Å². The van der Waals surface area contributed by atoms with Crippen molar-refractivity contribution in [2.75, 3.05) is 11.5 Å². The first-order valence-electron chi connectivity index (χ1n) is 4.77. The molecule has 0 fully saturated rings. The smallest absolute Gasteiger partial charge is 0.0520 e. The molecule has 0 aliphatic carbocycles. The predicted molar refractivity (Wildman–Crippen MR) is 62.6 cm³/mol. The predicted octanol–water partition coefficient (Wildman–Crippen LogP) is 2.44. The lowest BCUT2D eigenvalue weighted by molar-refractivity contribution is 0.192. The maximum absolute atomic E-state index is 9.11. The molecule has 1 rings (SSSR count). The first kappa shape index (κ1) is 11.4. The van der Waals surface area contributed by atoms with Gasteiger partial charge in [-0.3, -0.25) is 0 Å². The van der Waals surface area contributed by atoms with Gasteiger partial charge in [-0.05, 0) is 31.9 Å². The Balaban J connectivity index is 2.54. The number of rotatable bonds is 4. The second kappa shape index (κ2) is 5.27. The van der Waals surface area contributed by atoms with Gasteiger partial charge in [-0.25, -0.2) is 0 Å². The van der Waals surface area contributed by atoms with Crippen LogP contribution in [0.2, 0.25) is 0 Å². The number of nitrogen functional groups attached to an aromatic ring is 1. The Kier molecular flexibility index (Phi) is 4.29.